The highest BCUT2D eigenvalue weighted by Gasteiger charge is 2.14. The van der Waals surface area contributed by atoms with Crippen molar-refractivity contribution in [2.24, 2.45) is 0 Å². The Labute approximate surface area is 190 Å². The van der Waals surface area contributed by atoms with Crippen molar-refractivity contribution in [2.45, 2.75) is 27.3 Å². The molecule has 168 valence electrons. The molecule has 0 saturated carbocycles. The molecule has 0 radical (unpaired) electrons. The largest absolute Gasteiger partial charge is 0.345 e. The Bertz CT molecular complexity index is 1380. The van der Waals surface area contributed by atoms with Gasteiger partial charge in [0.2, 0.25) is 11.8 Å². The number of aryl methyl sites for hydroxylation is 3. The molecule has 0 bridgehead atoms. The van der Waals surface area contributed by atoms with E-state index in [9.17, 15) is 14.4 Å². The number of nitrogens with zero attached hydrogens (tertiary/aromatic N) is 4. The molecule has 2 N–H and O–H groups in total. The minimum atomic E-state index is -0.471. The Kier molecular flexibility index (Phi) is 6.03. The highest BCUT2D eigenvalue weighted by molar-refractivity contribution is 5.95. The highest BCUT2D eigenvalue weighted by atomic mass is 16.2. The number of carbonyl (C=O) groups excluding carboxylic acids is 2. The summed E-state index contributed by atoms with van der Waals surface area (Å²) in [6.07, 6.45) is 2.75. The van der Waals surface area contributed by atoms with Crippen molar-refractivity contribution in [1.82, 2.24) is 24.6 Å². The fourth-order valence-corrected chi connectivity index (χ4v) is 3.77. The molecule has 0 fully saturated rings. The average Bonchev–Trinajstić information content (AvgIpc) is 3.22. The zero-order valence-corrected chi connectivity index (χ0v) is 18.6. The number of para-hydroxylation sites is 1. The summed E-state index contributed by atoms with van der Waals surface area (Å²) in [5, 5.41) is 9.94. The molecule has 0 atom stereocenters. The summed E-state index contributed by atoms with van der Waals surface area (Å²) < 4.78 is 2.77. The van der Waals surface area contributed by atoms with Crippen LogP contribution in [0.5, 0.6) is 0 Å². The third-order valence-electron chi connectivity index (χ3n) is 5.26. The number of hydrogen-bond donors (Lipinski definition) is 2. The number of nitrogens with one attached hydrogen (secondary N) is 2. The second-order valence-electron chi connectivity index (χ2n) is 7.91. The Morgan fingerprint density at radius 1 is 1.00 bits per heavy atom. The normalized spacial score (nSPS) is 10.9. The number of hydrogen-bond acceptors (Lipinski definition) is 5. The summed E-state index contributed by atoms with van der Waals surface area (Å²) in [6.45, 7) is 5.37. The summed E-state index contributed by atoms with van der Waals surface area (Å²) >= 11 is 0. The van der Waals surface area contributed by atoms with Crippen LogP contribution in [0.3, 0.4) is 0 Å². The quantitative estimate of drug-likeness (QED) is 0.474. The molecule has 0 unspecified atom stereocenters. The minimum Gasteiger partial charge on any atom is -0.345 e. The maximum atomic E-state index is 12.8. The zero-order valence-electron chi connectivity index (χ0n) is 18.6. The molecule has 4 rings (SSSR count). The van der Waals surface area contributed by atoms with Crippen LogP contribution in [0.4, 0.5) is 5.69 Å². The maximum absolute atomic E-state index is 12.8. The number of amides is 2. The van der Waals surface area contributed by atoms with Crippen LogP contribution in [0.2, 0.25) is 0 Å². The Balaban J connectivity index is 1.42. The molecule has 0 aliphatic carbocycles. The zero-order chi connectivity index (χ0) is 23.5. The van der Waals surface area contributed by atoms with Gasteiger partial charge in [-0.25, -0.2) is 9.67 Å². The van der Waals surface area contributed by atoms with Gasteiger partial charge in [-0.2, -0.15) is 5.10 Å². The van der Waals surface area contributed by atoms with Crippen molar-refractivity contribution in [3.8, 4) is 5.69 Å². The standard InChI is InChI=1S/C24H24N6O3/c1-15-9-16(2)22(17(3)10-15)28-20(31)12-25-21(32)13-29-14-26-23-19(24(29)33)11-27-30(23)18-7-5-4-6-8-18/h4-11,14H,12-13H2,1-3H3,(H,25,32)(H,28,31). The number of benzene rings is 2. The van der Waals surface area contributed by atoms with Crippen LogP contribution in [0.15, 0.2) is 59.8 Å². The van der Waals surface area contributed by atoms with Gasteiger partial charge in [0.1, 0.15) is 18.3 Å². The lowest BCUT2D eigenvalue weighted by molar-refractivity contribution is -0.124. The molecule has 4 aromatic rings. The molecule has 2 amide bonds. The van der Waals surface area contributed by atoms with Gasteiger partial charge in [-0.15, -0.1) is 0 Å². The second-order valence-corrected chi connectivity index (χ2v) is 7.91. The van der Waals surface area contributed by atoms with Crippen LogP contribution >= 0.6 is 0 Å². The van der Waals surface area contributed by atoms with Gasteiger partial charge < -0.3 is 10.6 Å². The molecule has 9 nitrogen and oxygen atoms in total. The number of carbonyl (C=O) groups is 2. The third kappa shape index (κ3) is 4.67. The molecule has 0 aliphatic heterocycles. The van der Waals surface area contributed by atoms with Gasteiger partial charge in [-0.3, -0.25) is 19.0 Å². The lowest BCUT2D eigenvalue weighted by Gasteiger charge is -2.13. The van der Waals surface area contributed by atoms with E-state index in [0.29, 0.717) is 11.0 Å². The molecule has 0 saturated heterocycles. The first kappa shape index (κ1) is 21.9. The van der Waals surface area contributed by atoms with E-state index in [1.54, 1.807) is 4.68 Å². The smallest absolute Gasteiger partial charge is 0.264 e. The van der Waals surface area contributed by atoms with Crippen molar-refractivity contribution in [3.63, 3.8) is 0 Å². The van der Waals surface area contributed by atoms with Crippen molar-refractivity contribution in [2.75, 3.05) is 11.9 Å². The first-order valence-electron chi connectivity index (χ1n) is 10.5. The van der Waals surface area contributed by atoms with Crippen molar-refractivity contribution < 1.29 is 9.59 Å². The van der Waals surface area contributed by atoms with E-state index in [1.807, 2.05) is 63.2 Å². The minimum absolute atomic E-state index is 0.206. The van der Waals surface area contributed by atoms with Crippen molar-refractivity contribution in [1.29, 1.82) is 0 Å². The number of anilines is 1. The molecular weight excluding hydrogens is 420 g/mol. The van der Waals surface area contributed by atoms with Gasteiger partial charge in [-0.05, 0) is 44.0 Å². The highest BCUT2D eigenvalue weighted by Crippen LogP contribution is 2.21. The Morgan fingerprint density at radius 3 is 2.39 bits per heavy atom. The Morgan fingerprint density at radius 2 is 1.70 bits per heavy atom. The van der Waals surface area contributed by atoms with E-state index in [1.165, 1.54) is 17.1 Å². The van der Waals surface area contributed by atoms with Gasteiger partial charge in [0.05, 0.1) is 18.4 Å². The summed E-state index contributed by atoms with van der Waals surface area (Å²) in [6, 6.07) is 13.3. The molecular formula is C24H24N6O3. The van der Waals surface area contributed by atoms with E-state index in [2.05, 4.69) is 20.7 Å². The van der Waals surface area contributed by atoms with Crippen molar-refractivity contribution in [3.05, 3.63) is 82.0 Å². The first-order chi connectivity index (χ1) is 15.8. The fraction of sp³-hybridized carbons (Fsp3) is 0.208. The summed E-state index contributed by atoms with van der Waals surface area (Å²) in [5.41, 5.74) is 4.56. The summed E-state index contributed by atoms with van der Waals surface area (Å²) in [7, 11) is 0. The van der Waals surface area contributed by atoms with Crippen LogP contribution < -0.4 is 16.2 Å². The number of aromatic nitrogens is 4. The van der Waals surface area contributed by atoms with Gasteiger partial charge in [0.15, 0.2) is 5.65 Å². The fourth-order valence-electron chi connectivity index (χ4n) is 3.77. The predicted molar refractivity (Wildman–Crippen MR) is 125 cm³/mol. The predicted octanol–water partition coefficient (Wildman–Crippen LogP) is 2.26. The van der Waals surface area contributed by atoms with Crippen LogP contribution in [-0.4, -0.2) is 37.7 Å². The van der Waals surface area contributed by atoms with Crippen LogP contribution in [0.1, 0.15) is 16.7 Å². The topological polar surface area (TPSA) is 111 Å². The average molecular weight is 444 g/mol. The lowest BCUT2D eigenvalue weighted by atomic mass is 10.1. The second kappa shape index (κ2) is 9.07. The van der Waals surface area contributed by atoms with Gasteiger partial charge in [0.25, 0.3) is 5.56 Å². The van der Waals surface area contributed by atoms with Gasteiger partial charge in [0, 0.05) is 5.69 Å². The first-order valence-corrected chi connectivity index (χ1v) is 10.5. The molecule has 2 aromatic carbocycles. The number of fused-ring (bicyclic) bond motifs is 1. The van der Waals surface area contributed by atoms with E-state index in [0.717, 1.165) is 28.1 Å². The monoisotopic (exact) mass is 444 g/mol. The van der Waals surface area contributed by atoms with E-state index >= 15 is 0 Å². The Hall–Kier alpha value is -4.27. The van der Waals surface area contributed by atoms with Crippen molar-refractivity contribution >= 4 is 28.5 Å². The maximum Gasteiger partial charge on any atom is 0.264 e. The third-order valence-corrected chi connectivity index (χ3v) is 5.26. The molecule has 0 aliphatic rings. The van der Waals surface area contributed by atoms with E-state index in [4.69, 9.17) is 0 Å². The van der Waals surface area contributed by atoms with E-state index < -0.39 is 5.91 Å². The van der Waals surface area contributed by atoms with Crippen LogP contribution in [-0.2, 0) is 16.1 Å². The van der Waals surface area contributed by atoms with Crippen LogP contribution in [0, 0.1) is 20.8 Å². The summed E-state index contributed by atoms with van der Waals surface area (Å²) in [5.74, 6) is -0.815. The van der Waals surface area contributed by atoms with Crippen LogP contribution in [0.25, 0.3) is 16.7 Å². The lowest BCUT2D eigenvalue weighted by Crippen LogP contribution is -2.37. The molecule has 0 spiro atoms. The summed E-state index contributed by atoms with van der Waals surface area (Å²) in [4.78, 5) is 41.8. The SMILES string of the molecule is Cc1cc(C)c(NC(=O)CNC(=O)Cn2cnc3c(cnn3-c3ccccc3)c2=O)c(C)c1. The molecule has 33 heavy (non-hydrogen) atoms. The molecule has 9 heteroatoms. The van der Waals surface area contributed by atoms with E-state index in [-0.39, 0.29) is 24.6 Å². The molecule has 2 heterocycles. The van der Waals surface area contributed by atoms with Gasteiger partial charge >= 0.3 is 0 Å². The molecule has 2 aromatic heterocycles. The number of rotatable bonds is 6. The van der Waals surface area contributed by atoms with Gasteiger partial charge in [-0.1, -0.05) is 35.9 Å².